The van der Waals surface area contributed by atoms with E-state index in [9.17, 15) is 4.79 Å². The summed E-state index contributed by atoms with van der Waals surface area (Å²) in [5, 5.41) is 8.92. The van der Waals surface area contributed by atoms with Gasteiger partial charge in [-0.15, -0.1) is 0 Å². The van der Waals surface area contributed by atoms with Crippen molar-refractivity contribution in [1.29, 1.82) is 5.26 Å². The lowest BCUT2D eigenvalue weighted by Crippen LogP contribution is -2.38. The van der Waals surface area contributed by atoms with Crippen LogP contribution in [0.25, 0.3) is 0 Å². The van der Waals surface area contributed by atoms with Crippen LogP contribution in [0.4, 0.5) is 0 Å². The number of hydrogen-bond donors (Lipinski definition) is 0. The summed E-state index contributed by atoms with van der Waals surface area (Å²) in [4.78, 5) is 16.0. The van der Waals surface area contributed by atoms with Gasteiger partial charge in [-0.05, 0) is 46.2 Å². The fourth-order valence-corrected chi connectivity index (χ4v) is 2.26. The largest absolute Gasteiger partial charge is 0.344 e. The summed E-state index contributed by atoms with van der Waals surface area (Å²) in [7, 11) is 3.92. The van der Waals surface area contributed by atoms with Crippen LogP contribution in [0.5, 0.6) is 0 Å². The van der Waals surface area contributed by atoms with E-state index >= 15 is 0 Å². The van der Waals surface area contributed by atoms with Crippen molar-refractivity contribution >= 4 is 5.91 Å². The molecule has 1 heterocycles. The van der Waals surface area contributed by atoms with Gasteiger partial charge in [0.2, 0.25) is 5.91 Å². The van der Waals surface area contributed by atoms with Gasteiger partial charge in [-0.3, -0.25) is 4.79 Å². The summed E-state index contributed by atoms with van der Waals surface area (Å²) in [5.41, 5.74) is -0.902. The Morgan fingerprint density at radius 3 is 2.71 bits per heavy atom. The monoisotopic (exact) mass is 237 g/mol. The van der Waals surface area contributed by atoms with Gasteiger partial charge in [0.1, 0.15) is 5.41 Å². The molecule has 0 aliphatic carbocycles. The Balaban J connectivity index is 2.37. The lowest BCUT2D eigenvalue weighted by Gasteiger charge is -2.25. The second-order valence-electron chi connectivity index (χ2n) is 5.67. The third kappa shape index (κ3) is 3.71. The number of nitriles is 1. The zero-order valence-corrected chi connectivity index (χ0v) is 11.4. The molecule has 4 heteroatoms. The Kier molecular flexibility index (Phi) is 4.53. The standard InChI is InChI=1S/C13H23N3O/c1-13(2,10-14)12(17)16(4)8-6-11-5-7-15(3)9-11/h11H,5-9H2,1-4H3. The number of likely N-dealkylation sites (tertiary alicyclic amines) is 1. The van der Waals surface area contributed by atoms with Crippen LogP contribution in [0.2, 0.25) is 0 Å². The molecule has 0 aromatic rings. The molecule has 96 valence electrons. The van der Waals surface area contributed by atoms with Gasteiger partial charge in [0.15, 0.2) is 0 Å². The number of carbonyl (C=O) groups excluding carboxylic acids is 1. The summed E-state index contributed by atoms with van der Waals surface area (Å²) in [6.45, 7) is 6.39. The van der Waals surface area contributed by atoms with Gasteiger partial charge in [-0.2, -0.15) is 5.26 Å². The molecule has 0 N–H and O–H groups in total. The van der Waals surface area contributed by atoms with Gasteiger partial charge < -0.3 is 9.80 Å². The quantitative estimate of drug-likeness (QED) is 0.741. The summed E-state index contributed by atoms with van der Waals surface area (Å²) in [6, 6.07) is 2.06. The van der Waals surface area contributed by atoms with Crippen LogP contribution in [0.15, 0.2) is 0 Å². The van der Waals surface area contributed by atoms with E-state index in [2.05, 4.69) is 18.0 Å². The number of carbonyl (C=O) groups is 1. The maximum Gasteiger partial charge on any atom is 0.242 e. The van der Waals surface area contributed by atoms with Gasteiger partial charge in [-0.1, -0.05) is 0 Å². The van der Waals surface area contributed by atoms with Crippen molar-refractivity contribution in [2.45, 2.75) is 26.7 Å². The molecule has 0 radical (unpaired) electrons. The van der Waals surface area contributed by atoms with E-state index < -0.39 is 5.41 Å². The predicted molar refractivity (Wildman–Crippen MR) is 67.3 cm³/mol. The minimum Gasteiger partial charge on any atom is -0.344 e. The van der Waals surface area contributed by atoms with Gasteiger partial charge in [0.25, 0.3) is 0 Å². The molecule has 1 fully saturated rings. The van der Waals surface area contributed by atoms with Crippen LogP contribution in [-0.2, 0) is 4.79 Å². The second kappa shape index (κ2) is 5.50. The molecular formula is C13H23N3O. The molecule has 17 heavy (non-hydrogen) atoms. The summed E-state index contributed by atoms with van der Waals surface area (Å²) in [5.74, 6) is 0.617. The minimum atomic E-state index is -0.902. The van der Waals surface area contributed by atoms with Crippen LogP contribution in [0, 0.1) is 22.7 Å². The SMILES string of the molecule is CN1CCC(CCN(C)C(=O)C(C)(C)C#N)C1. The number of hydrogen-bond acceptors (Lipinski definition) is 3. The highest BCUT2D eigenvalue weighted by Crippen LogP contribution is 2.20. The van der Waals surface area contributed by atoms with E-state index in [1.807, 2.05) is 0 Å². The smallest absolute Gasteiger partial charge is 0.242 e. The lowest BCUT2D eigenvalue weighted by atomic mass is 9.93. The normalized spacial score (nSPS) is 21.2. The molecule has 0 aromatic carbocycles. The van der Waals surface area contributed by atoms with Gasteiger partial charge in [0, 0.05) is 20.1 Å². The Morgan fingerprint density at radius 1 is 1.59 bits per heavy atom. The van der Waals surface area contributed by atoms with Crippen LogP contribution < -0.4 is 0 Å². The lowest BCUT2D eigenvalue weighted by molar-refractivity contribution is -0.136. The molecule has 0 spiro atoms. The molecule has 1 amide bonds. The van der Waals surface area contributed by atoms with Crippen molar-refractivity contribution < 1.29 is 4.79 Å². The summed E-state index contributed by atoms with van der Waals surface area (Å²) in [6.07, 6.45) is 2.26. The Hall–Kier alpha value is -1.08. The first kappa shape index (κ1) is 14.0. The van der Waals surface area contributed by atoms with Crippen molar-refractivity contribution in [2.24, 2.45) is 11.3 Å². The summed E-state index contributed by atoms with van der Waals surface area (Å²) >= 11 is 0. The van der Waals surface area contributed by atoms with E-state index in [0.717, 1.165) is 26.1 Å². The van der Waals surface area contributed by atoms with Crippen LogP contribution >= 0.6 is 0 Å². The molecule has 0 aromatic heterocycles. The molecule has 1 aliphatic rings. The maximum absolute atomic E-state index is 12.0. The molecule has 1 atom stereocenters. The Labute approximate surface area is 104 Å². The highest BCUT2D eigenvalue weighted by Gasteiger charge is 2.30. The third-order valence-electron chi connectivity index (χ3n) is 3.52. The predicted octanol–water partition coefficient (Wildman–Crippen LogP) is 1.34. The van der Waals surface area contributed by atoms with Crippen molar-refractivity contribution in [2.75, 3.05) is 33.7 Å². The Morgan fingerprint density at radius 2 is 2.24 bits per heavy atom. The van der Waals surface area contributed by atoms with E-state index in [-0.39, 0.29) is 5.91 Å². The average molecular weight is 237 g/mol. The highest BCUT2D eigenvalue weighted by molar-refractivity contribution is 5.84. The van der Waals surface area contributed by atoms with Crippen molar-refractivity contribution in [1.82, 2.24) is 9.80 Å². The molecule has 1 rings (SSSR count). The van der Waals surface area contributed by atoms with E-state index in [4.69, 9.17) is 5.26 Å². The minimum absolute atomic E-state index is 0.0775. The average Bonchev–Trinajstić information content (AvgIpc) is 2.71. The van der Waals surface area contributed by atoms with Crippen LogP contribution in [0.3, 0.4) is 0 Å². The summed E-state index contributed by atoms with van der Waals surface area (Å²) < 4.78 is 0. The molecule has 1 unspecified atom stereocenters. The molecule has 0 saturated carbocycles. The first-order valence-electron chi connectivity index (χ1n) is 6.22. The van der Waals surface area contributed by atoms with E-state index in [1.165, 1.54) is 6.42 Å². The van der Waals surface area contributed by atoms with E-state index in [1.54, 1.807) is 25.8 Å². The number of nitrogens with zero attached hydrogens (tertiary/aromatic N) is 3. The second-order valence-corrected chi connectivity index (χ2v) is 5.67. The van der Waals surface area contributed by atoms with Gasteiger partial charge >= 0.3 is 0 Å². The highest BCUT2D eigenvalue weighted by atomic mass is 16.2. The van der Waals surface area contributed by atoms with Crippen LogP contribution in [0.1, 0.15) is 26.7 Å². The fraction of sp³-hybridized carbons (Fsp3) is 0.846. The Bertz CT molecular complexity index is 319. The zero-order chi connectivity index (χ0) is 13.1. The van der Waals surface area contributed by atoms with E-state index in [0.29, 0.717) is 5.92 Å². The molecular weight excluding hydrogens is 214 g/mol. The third-order valence-corrected chi connectivity index (χ3v) is 3.52. The van der Waals surface area contributed by atoms with Gasteiger partial charge in [0.05, 0.1) is 6.07 Å². The first-order valence-corrected chi connectivity index (χ1v) is 6.22. The molecule has 1 aliphatic heterocycles. The fourth-order valence-electron chi connectivity index (χ4n) is 2.26. The maximum atomic E-state index is 12.0. The zero-order valence-electron chi connectivity index (χ0n) is 11.4. The first-order chi connectivity index (χ1) is 7.86. The molecule has 0 bridgehead atoms. The van der Waals surface area contributed by atoms with Crippen molar-refractivity contribution in [3.05, 3.63) is 0 Å². The molecule has 1 saturated heterocycles. The van der Waals surface area contributed by atoms with Crippen molar-refractivity contribution in [3.8, 4) is 6.07 Å². The van der Waals surface area contributed by atoms with Gasteiger partial charge in [-0.25, -0.2) is 0 Å². The topological polar surface area (TPSA) is 47.3 Å². The number of amides is 1. The molecule has 4 nitrogen and oxygen atoms in total. The number of rotatable bonds is 4. The van der Waals surface area contributed by atoms with Crippen LogP contribution in [-0.4, -0.2) is 49.4 Å². The van der Waals surface area contributed by atoms with Crippen molar-refractivity contribution in [3.63, 3.8) is 0 Å².